The molecule has 124 valence electrons. The molecule has 1 atom stereocenters. The predicted octanol–water partition coefficient (Wildman–Crippen LogP) is 5.86. The Morgan fingerprint density at radius 1 is 0.958 bits per heavy atom. The molecule has 0 aliphatic rings. The molecule has 2 nitrogen and oxygen atoms in total. The van der Waals surface area contributed by atoms with Crippen molar-refractivity contribution in [3.8, 4) is 0 Å². The average molecular weight is 358 g/mol. The number of rotatable bonds is 7. The van der Waals surface area contributed by atoms with Crippen LogP contribution in [0, 0.1) is 0 Å². The van der Waals surface area contributed by atoms with Crippen LogP contribution >= 0.6 is 22.9 Å². The first-order chi connectivity index (χ1) is 11.7. The van der Waals surface area contributed by atoms with Gasteiger partial charge in [0.15, 0.2) is 4.47 Å². The fourth-order valence-corrected chi connectivity index (χ4v) is 3.45. The van der Waals surface area contributed by atoms with Gasteiger partial charge in [0.2, 0.25) is 0 Å². The Balaban J connectivity index is 1.49. The van der Waals surface area contributed by atoms with E-state index in [4.69, 9.17) is 16.3 Å². The van der Waals surface area contributed by atoms with Gasteiger partial charge in [-0.1, -0.05) is 66.2 Å². The highest BCUT2D eigenvalue weighted by Crippen LogP contribution is 2.27. The smallest absolute Gasteiger partial charge is 0.183 e. The molecule has 1 aromatic heterocycles. The molecule has 0 bridgehead atoms. The monoisotopic (exact) mass is 357 g/mol. The lowest BCUT2D eigenvalue weighted by Crippen LogP contribution is -1.99. The second-order valence-electron chi connectivity index (χ2n) is 5.77. The molecule has 0 spiro atoms. The number of ether oxygens (including phenoxy) is 1. The minimum Gasteiger partial charge on any atom is -0.368 e. The van der Waals surface area contributed by atoms with E-state index in [1.54, 1.807) is 6.20 Å². The molecule has 0 saturated heterocycles. The van der Waals surface area contributed by atoms with Gasteiger partial charge in [-0.25, -0.2) is 4.98 Å². The number of nitrogens with zero attached hydrogens (tertiary/aromatic N) is 1. The van der Waals surface area contributed by atoms with Gasteiger partial charge in [0.25, 0.3) is 0 Å². The molecule has 4 heteroatoms. The fraction of sp³-hybridized carbons (Fsp3) is 0.250. The minimum absolute atomic E-state index is 0.00718. The Bertz CT molecular complexity index is 755. The van der Waals surface area contributed by atoms with Crippen molar-refractivity contribution in [3.05, 3.63) is 86.8 Å². The maximum absolute atomic E-state index is 5.91. The summed E-state index contributed by atoms with van der Waals surface area (Å²) in [5, 5.41) is 0. The van der Waals surface area contributed by atoms with Gasteiger partial charge < -0.3 is 4.74 Å². The van der Waals surface area contributed by atoms with Gasteiger partial charge in [0.05, 0.1) is 17.6 Å². The first-order valence-electron chi connectivity index (χ1n) is 8.05. The highest BCUT2D eigenvalue weighted by atomic mass is 35.5. The highest BCUT2D eigenvalue weighted by molar-refractivity contribution is 7.15. The maximum atomic E-state index is 5.91. The molecular weight excluding hydrogens is 338 g/mol. The van der Waals surface area contributed by atoms with Crippen molar-refractivity contribution in [1.82, 2.24) is 4.98 Å². The summed E-state index contributed by atoms with van der Waals surface area (Å²) >= 11 is 7.33. The second kappa shape index (κ2) is 8.43. The zero-order valence-electron chi connectivity index (χ0n) is 13.6. The first-order valence-corrected chi connectivity index (χ1v) is 9.25. The number of halogens is 1. The van der Waals surface area contributed by atoms with Crippen molar-refractivity contribution in [2.75, 3.05) is 0 Å². The van der Waals surface area contributed by atoms with Gasteiger partial charge in [-0.3, -0.25) is 0 Å². The summed E-state index contributed by atoms with van der Waals surface area (Å²) in [6.45, 7) is 2.62. The molecule has 24 heavy (non-hydrogen) atoms. The number of aryl methyl sites for hydroxylation is 2. The van der Waals surface area contributed by atoms with Crippen LogP contribution in [-0.4, -0.2) is 4.98 Å². The van der Waals surface area contributed by atoms with Gasteiger partial charge >= 0.3 is 0 Å². The lowest BCUT2D eigenvalue weighted by molar-refractivity contribution is 0.0547. The van der Waals surface area contributed by atoms with Gasteiger partial charge in [0, 0.05) is 6.20 Å². The fourth-order valence-electron chi connectivity index (χ4n) is 2.49. The Kier molecular flexibility index (Phi) is 6.02. The van der Waals surface area contributed by atoms with E-state index in [-0.39, 0.29) is 6.10 Å². The molecular formula is C20H20ClNOS. The second-order valence-corrected chi connectivity index (χ2v) is 7.42. The molecule has 0 N–H and O–H groups in total. The number of thiazole rings is 1. The molecule has 1 heterocycles. The topological polar surface area (TPSA) is 22.1 Å². The zero-order chi connectivity index (χ0) is 16.8. The lowest BCUT2D eigenvalue weighted by Gasteiger charge is -2.11. The van der Waals surface area contributed by atoms with Crippen LogP contribution in [0.5, 0.6) is 0 Å². The summed E-state index contributed by atoms with van der Waals surface area (Å²) < 4.78 is 6.47. The SMILES string of the molecule is CC(OCc1ccc(CCc2ccccc2)cc1)c1cnc(Cl)s1. The number of hydrogen-bond acceptors (Lipinski definition) is 3. The molecule has 0 aliphatic carbocycles. The van der Waals surface area contributed by atoms with Crippen molar-refractivity contribution in [2.45, 2.75) is 32.5 Å². The summed E-state index contributed by atoms with van der Waals surface area (Å²) in [4.78, 5) is 5.11. The normalized spacial score (nSPS) is 12.2. The van der Waals surface area contributed by atoms with E-state index in [1.165, 1.54) is 28.0 Å². The third kappa shape index (κ3) is 4.91. The van der Waals surface area contributed by atoms with Crippen LogP contribution in [0.4, 0.5) is 0 Å². The average Bonchev–Trinajstić information content (AvgIpc) is 3.06. The van der Waals surface area contributed by atoms with Crippen molar-refractivity contribution in [3.63, 3.8) is 0 Å². The summed E-state index contributed by atoms with van der Waals surface area (Å²) in [6, 6.07) is 19.3. The minimum atomic E-state index is 0.00718. The third-order valence-corrected chi connectivity index (χ3v) is 5.24. The van der Waals surface area contributed by atoms with Crippen LogP contribution in [0.3, 0.4) is 0 Å². The first kappa shape index (κ1) is 17.2. The maximum Gasteiger partial charge on any atom is 0.183 e. The summed E-state index contributed by atoms with van der Waals surface area (Å²) in [5.41, 5.74) is 3.91. The van der Waals surface area contributed by atoms with E-state index in [2.05, 4.69) is 59.6 Å². The van der Waals surface area contributed by atoms with Crippen molar-refractivity contribution in [1.29, 1.82) is 0 Å². The Labute approximate surface area is 152 Å². The zero-order valence-corrected chi connectivity index (χ0v) is 15.2. The number of aromatic nitrogens is 1. The summed E-state index contributed by atoms with van der Waals surface area (Å²) in [5.74, 6) is 0. The highest BCUT2D eigenvalue weighted by Gasteiger charge is 2.09. The van der Waals surface area contributed by atoms with Gasteiger partial charge in [-0.15, -0.1) is 11.3 Å². The van der Waals surface area contributed by atoms with Crippen LogP contribution in [0.1, 0.15) is 34.6 Å². The molecule has 3 rings (SSSR count). The van der Waals surface area contributed by atoms with Gasteiger partial charge in [-0.2, -0.15) is 0 Å². The lowest BCUT2D eigenvalue weighted by atomic mass is 10.0. The van der Waals surface area contributed by atoms with E-state index < -0.39 is 0 Å². The quantitative estimate of drug-likeness (QED) is 0.528. The molecule has 2 aromatic carbocycles. The standard InChI is InChI=1S/C20H20ClNOS/c1-15(19-13-22-20(21)24-19)23-14-18-11-9-17(10-12-18)8-7-16-5-3-2-4-6-16/h2-6,9-13,15H,7-8,14H2,1H3. The third-order valence-electron chi connectivity index (χ3n) is 3.96. The molecule has 3 aromatic rings. The van der Waals surface area contributed by atoms with Crippen LogP contribution in [0.2, 0.25) is 4.47 Å². The molecule has 0 aliphatic heterocycles. The molecule has 0 radical (unpaired) electrons. The number of hydrogen-bond donors (Lipinski definition) is 0. The van der Waals surface area contributed by atoms with Gasteiger partial charge in [-0.05, 0) is 36.5 Å². The van der Waals surface area contributed by atoms with E-state index in [0.29, 0.717) is 11.1 Å². The van der Waals surface area contributed by atoms with E-state index in [0.717, 1.165) is 17.7 Å². The molecule has 1 unspecified atom stereocenters. The van der Waals surface area contributed by atoms with Crippen molar-refractivity contribution < 1.29 is 4.74 Å². The summed E-state index contributed by atoms with van der Waals surface area (Å²) in [7, 11) is 0. The predicted molar refractivity (Wildman–Crippen MR) is 101 cm³/mol. The van der Waals surface area contributed by atoms with E-state index in [1.807, 2.05) is 6.92 Å². The Morgan fingerprint density at radius 2 is 1.58 bits per heavy atom. The van der Waals surface area contributed by atoms with Crippen molar-refractivity contribution in [2.24, 2.45) is 0 Å². The Hall–Kier alpha value is -1.68. The molecule has 0 fully saturated rings. The van der Waals surface area contributed by atoms with Gasteiger partial charge in [0.1, 0.15) is 0 Å². The summed E-state index contributed by atoms with van der Waals surface area (Å²) in [6.07, 6.45) is 3.92. The molecule has 0 amide bonds. The van der Waals surface area contributed by atoms with E-state index in [9.17, 15) is 0 Å². The molecule has 0 saturated carbocycles. The number of benzene rings is 2. The van der Waals surface area contributed by atoms with Crippen LogP contribution in [0.25, 0.3) is 0 Å². The van der Waals surface area contributed by atoms with Crippen LogP contribution in [-0.2, 0) is 24.2 Å². The largest absolute Gasteiger partial charge is 0.368 e. The van der Waals surface area contributed by atoms with Crippen LogP contribution < -0.4 is 0 Å². The van der Waals surface area contributed by atoms with Crippen LogP contribution in [0.15, 0.2) is 60.8 Å². The van der Waals surface area contributed by atoms with Crippen molar-refractivity contribution >= 4 is 22.9 Å². The Morgan fingerprint density at radius 3 is 2.21 bits per heavy atom. The van der Waals surface area contributed by atoms with E-state index >= 15 is 0 Å².